The Morgan fingerprint density at radius 1 is 1.53 bits per heavy atom. The van der Waals surface area contributed by atoms with E-state index in [1.54, 1.807) is 11.9 Å². The monoisotopic (exact) mass is 272 g/mol. The van der Waals surface area contributed by atoms with E-state index in [0.29, 0.717) is 12.5 Å². The maximum Gasteiger partial charge on any atom is 0.410 e. The van der Waals surface area contributed by atoms with Crippen molar-refractivity contribution in [1.82, 2.24) is 4.90 Å². The van der Waals surface area contributed by atoms with Crippen LogP contribution in [0.25, 0.3) is 0 Å². The van der Waals surface area contributed by atoms with E-state index < -0.39 is 5.60 Å². The van der Waals surface area contributed by atoms with E-state index >= 15 is 0 Å². The van der Waals surface area contributed by atoms with Crippen molar-refractivity contribution in [2.24, 2.45) is 11.7 Å². The lowest BCUT2D eigenvalue weighted by Gasteiger charge is -2.33. The average Bonchev–Trinajstić information content (AvgIpc) is 2.34. The van der Waals surface area contributed by atoms with Gasteiger partial charge in [0, 0.05) is 32.8 Å². The lowest BCUT2D eigenvalue weighted by Crippen LogP contribution is -2.45. The molecule has 19 heavy (non-hydrogen) atoms. The third-order valence-corrected chi connectivity index (χ3v) is 3.36. The SMILES string of the molecule is CN(C(=O)OC(C)(C)C)[C@H](CN)CC1CCCOC1. The molecule has 5 heteroatoms. The molecular weight excluding hydrogens is 244 g/mol. The van der Waals surface area contributed by atoms with E-state index in [0.717, 1.165) is 32.5 Å². The van der Waals surface area contributed by atoms with Crippen molar-refractivity contribution in [3.8, 4) is 0 Å². The van der Waals surface area contributed by atoms with Crippen molar-refractivity contribution in [3.05, 3.63) is 0 Å². The summed E-state index contributed by atoms with van der Waals surface area (Å²) < 4.78 is 10.8. The number of hydrogen-bond donors (Lipinski definition) is 1. The van der Waals surface area contributed by atoms with Gasteiger partial charge < -0.3 is 20.1 Å². The summed E-state index contributed by atoms with van der Waals surface area (Å²) in [5.41, 5.74) is 5.33. The number of carbonyl (C=O) groups excluding carboxylic acids is 1. The molecular formula is C14H28N2O3. The third-order valence-electron chi connectivity index (χ3n) is 3.36. The van der Waals surface area contributed by atoms with Crippen LogP contribution in [-0.2, 0) is 9.47 Å². The zero-order valence-corrected chi connectivity index (χ0v) is 12.6. The van der Waals surface area contributed by atoms with Crippen LogP contribution >= 0.6 is 0 Å². The van der Waals surface area contributed by atoms with E-state index in [9.17, 15) is 4.79 Å². The maximum absolute atomic E-state index is 12.0. The molecule has 1 saturated heterocycles. The normalized spacial score (nSPS) is 21.8. The van der Waals surface area contributed by atoms with Gasteiger partial charge in [0.2, 0.25) is 0 Å². The summed E-state index contributed by atoms with van der Waals surface area (Å²) in [6.45, 7) is 7.68. The molecule has 0 aliphatic carbocycles. The Balaban J connectivity index is 2.50. The molecule has 0 spiro atoms. The van der Waals surface area contributed by atoms with Gasteiger partial charge in [-0.25, -0.2) is 4.79 Å². The van der Waals surface area contributed by atoms with Crippen LogP contribution in [0.5, 0.6) is 0 Å². The molecule has 1 aliphatic heterocycles. The average molecular weight is 272 g/mol. The smallest absolute Gasteiger partial charge is 0.410 e. The lowest BCUT2D eigenvalue weighted by atomic mass is 9.94. The maximum atomic E-state index is 12.0. The number of carbonyl (C=O) groups is 1. The molecule has 0 saturated carbocycles. The minimum atomic E-state index is -0.474. The van der Waals surface area contributed by atoms with E-state index in [1.807, 2.05) is 20.8 Å². The van der Waals surface area contributed by atoms with Crippen molar-refractivity contribution >= 4 is 6.09 Å². The van der Waals surface area contributed by atoms with Crippen LogP contribution in [-0.4, -0.2) is 49.4 Å². The third kappa shape index (κ3) is 5.78. The molecule has 1 fully saturated rings. The first-order valence-corrected chi connectivity index (χ1v) is 7.07. The van der Waals surface area contributed by atoms with Crippen LogP contribution in [0.4, 0.5) is 4.79 Å². The van der Waals surface area contributed by atoms with Gasteiger partial charge in [0.05, 0.1) is 0 Å². The number of nitrogens with zero attached hydrogens (tertiary/aromatic N) is 1. The molecule has 1 unspecified atom stereocenters. The van der Waals surface area contributed by atoms with Gasteiger partial charge in [-0.2, -0.15) is 0 Å². The molecule has 112 valence electrons. The predicted molar refractivity (Wildman–Crippen MR) is 75.0 cm³/mol. The first kappa shape index (κ1) is 16.2. The number of amides is 1. The van der Waals surface area contributed by atoms with Gasteiger partial charge >= 0.3 is 6.09 Å². The second-order valence-electron chi connectivity index (χ2n) is 6.30. The Labute approximate surface area is 116 Å². The molecule has 1 heterocycles. The topological polar surface area (TPSA) is 64.8 Å². The van der Waals surface area contributed by atoms with E-state index in [2.05, 4.69) is 0 Å². The first-order valence-electron chi connectivity index (χ1n) is 7.07. The zero-order valence-electron chi connectivity index (χ0n) is 12.6. The first-order chi connectivity index (χ1) is 8.83. The Hall–Kier alpha value is -0.810. The summed E-state index contributed by atoms with van der Waals surface area (Å²) in [7, 11) is 1.76. The molecule has 0 aromatic rings. The Morgan fingerprint density at radius 3 is 2.68 bits per heavy atom. The van der Waals surface area contributed by atoms with Gasteiger partial charge in [0.15, 0.2) is 0 Å². The molecule has 1 amide bonds. The molecule has 1 rings (SSSR count). The molecule has 0 aromatic carbocycles. The summed E-state index contributed by atoms with van der Waals surface area (Å²) >= 11 is 0. The number of likely N-dealkylation sites (N-methyl/N-ethyl adjacent to an activating group) is 1. The van der Waals surface area contributed by atoms with Crippen molar-refractivity contribution < 1.29 is 14.3 Å². The van der Waals surface area contributed by atoms with Gasteiger partial charge in [0.25, 0.3) is 0 Å². The quantitative estimate of drug-likeness (QED) is 0.850. The van der Waals surface area contributed by atoms with Gasteiger partial charge in [-0.3, -0.25) is 0 Å². The second-order valence-corrected chi connectivity index (χ2v) is 6.30. The number of hydrogen-bond acceptors (Lipinski definition) is 4. The van der Waals surface area contributed by atoms with Crippen molar-refractivity contribution in [1.29, 1.82) is 0 Å². The van der Waals surface area contributed by atoms with Crippen LogP contribution in [0.15, 0.2) is 0 Å². The molecule has 0 aromatic heterocycles. The fraction of sp³-hybridized carbons (Fsp3) is 0.929. The highest BCUT2D eigenvalue weighted by molar-refractivity contribution is 5.68. The highest BCUT2D eigenvalue weighted by atomic mass is 16.6. The summed E-state index contributed by atoms with van der Waals surface area (Å²) in [4.78, 5) is 13.6. The fourth-order valence-electron chi connectivity index (χ4n) is 2.27. The van der Waals surface area contributed by atoms with Gasteiger partial charge in [-0.05, 0) is 46.0 Å². The Morgan fingerprint density at radius 2 is 2.21 bits per heavy atom. The summed E-state index contributed by atoms with van der Waals surface area (Å²) in [6, 6.07) is 0.0153. The molecule has 2 atom stereocenters. The van der Waals surface area contributed by atoms with Crippen LogP contribution in [0.2, 0.25) is 0 Å². The number of rotatable bonds is 4. The second kappa shape index (κ2) is 7.10. The van der Waals surface area contributed by atoms with Gasteiger partial charge in [-0.15, -0.1) is 0 Å². The number of nitrogens with two attached hydrogens (primary N) is 1. The van der Waals surface area contributed by atoms with E-state index in [-0.39, 0.29) is 12.1 Å². The molecule has 0 bridgehead atoms. The Bertz CT molecular complexity index is 283. The summed E-state index contributed by atoms with van der Waals surface area (Å²) in [5, 5.41) is 0. The number of ether oxygens (including phenoxy) is 2. The van der Waals surface area contributed by atoms with E-state index in [1.165, 1.54) is 0 Å². The van der Waals surface area contributed by atoms with Gasteiger partial charge in [0.1, 0.15) is 5.60 Å². The summed E-state index contributed by atoms with van der Waals surface area (Å²) in [6.07, 6.45) is 2.82. The van der Waals surface area contributed by atoms with Crippen LogP contribution < -0.4 is 5.73 Å². The van der Waals surface area contributed by atoms with Crippen molar-refractivity contribution in [2.75, 3.05) is 26.8 Å². The molecule has 5 nitrogen and oxygen atoms in total. The lowest BCUT2D eigenvalue weighted by molar-refractivity contribution is 0.0123. The largest absolute Gasteiger partial charge is 0.444 e. The van der Waals surface area contributed by atoms with Crippen molar-refractivity contribution in [2.45, 2.75) is 51.7 Å². The fourth-order valence-corrected chi connectivity index (χ4v) is 2.27. The van der Waals surface area contributed by atoms with E-state index in [4.69, 9.17) is 15.2 Å². The predicted octanol–water partition coefficient (Wildman–Crippen LogP) is 2.00. The minimum Gasteiger partial charge on any atom is -0.444 e. The minimum absolute atomic E-state index is 0.0153. The zero-order chi connectivity index (χ0) is 14.5. The molecule has 0 radical (unpaired) electrons. The standard InChI is InChI=1S/C14H28N2O3/c1-14(2,3)19-13(17)16(4)12(9-15)8-11-6-5-7-18-10-11/h11-12H,5-10,15H2,1-4H3/t11?,12-/m0/s1. The highest BCUT2D eigenvalue weighted by Gasteiger charge is 2.27. The van der Waals surface area contributed by atoms with Crippen LogP contribution in [0, 0.1) is 5.92 Å². The van der Waals surface area contributed by atoms with Crippen LogP contribution in [0.1, 0.15) is 40.0 Å². The molecule has 2 N–H and O–H groups in total. The highest BCUT2D eigenvalue weighted by Crippen LogP contribution is 2.21. The van der Waals surface area contributed by atoms with Gasteiger partial charge in [-0.1, -0.05) is 0 Å². The molecule has 1 aliphatic rings. The van der Waals surface area contributed by atoms with Crippen LogP contribution in [0.3, 0.4) is 0 Å². The van der Waals surface area contributed by atoms with Crippen molar-refractivity contribution in [3.63, 3.8) is 0 Å². The summed E-state index contributed by atoms with van der Waals surface area (Å²) in [5.74, 6) is 0.493. The Kier molecular flexibility index (Phi) is 6.07.